The van der Waals surface area contributed by atoms with Crippen molar-refractivity contribution in [3.05, 3.63) is 33.8 Å². The van der Waals surface area contributed by atoms with Crippen molar-refractivity contribution in [2.75, 3.05) is 19.6 Å². The van der Waals surface area contributed by atoms with Gasteiger partial charge in [-0.1, -0.05) is 29.3 Å². The molecule has 1 aliphatic heterocycles. The van der Waals surface area contributed by atoms with Crippen LogP contribution in [0, 0.1) is 0 Å². The summed E-state index contributed by atoms with van der Waals surface area (Å²) < 4.78 is 0. The standard InChI is InChI=1S/C17H24Cl2N4O.HI/c1-2-20-17(23-14-7-8-16(24)22-11-14)21-9-3-4-12-5-6-13(18)10-15(12)19;/h5-6,10,14H,2-4,7-9,11H2,1H3,(H,22,24)(H2,20,21,23);1H. The van der Waals surface area contributed by atoms with E-state index in [0.717, 1.165) is 37.3 Å². The van der Waals surface area contributed by atoms with Gasteiger partial charge in [-0.05, 0) is 43.9 Å². The lowest BCUT2D eigenvalue weighted by atomic mass is 10.1. The van der Waals surface area contributed by atoms with E-state index in [0.29, 0.717) is 29.6 Å². The van der Waals surface area contributed by atoms with Crippen molar-refractivity contribution < 1.29 is 4.79 Å². The highest BCUT2D eigenvalue weighted by molar-refractivity contribution is 14.0. The summed E-state index contributed by atoms with van der Waals surface area (Å²) in [7, 11) is 0. The second-order valence-corrected chi connectivity index (χ2v) is 6.63. The molecule has 1 fully saturated rings. The molecule has 1 aliphatic rings. The van der Waals surface area contributed by atoms with Gasteiger partial charge in [-0.25, -0.2) is 0 Å². The molecule has 25 heavy (non-hydrogen) atoms. The molecule has 5 nitrogen and oxygen atoms in total. The predicted molar refractivity (Wildman–Crippen MR) is 115 cm³/mol. The number of nitrogens with zero attached hydrogens (tertiary/aromatic N) is 1. The minimum atomic E-state index is 0. The molecule has 1 unspecified atom stereocenters. The quantitative estimate of drug-likeness (QED) is 0.244. The summed E-state index contributed by atoms with van der Waals surface area (Å²) in [4.78, 5) is 15.8. The molecule has 0 spiro atoms. The lowest BCUT2D eigenvalue weighted by Gasteiger charge is -2.25. The third-order valence-electron chi connectivity index (χ3n) is 3.84. The maximum Gasteiger partial charge on any atom is 0.220 e. The number of hydrogen-bond acceptors (Lipinski definition) is 2. The van der Waals surface area contributed by atoms with Crippen molar-refractivity contribution >= 4 is 59.0 Å². The van der Waals surface area contributed by atoms with Crippen LogP contribution < -0.4 is 16.0 Å². The Morgan fingerprint density at radius 1 is 1.40 bits per heavy atom. The second-order valence-electron chi connectivity index (χ2n) is 5.78. The molecule has 1 aromatic rings. The van der Waals surface area contributed by atoms with Crippen molar-refractivity contribution in [3.63, 3.8) is 0 Å². The van der Waals surface area contributed by atoms with Crippen LogP contribution in [0.4, 0.5) is 0 Å². The van der Waals surface area contributed by atoms with Gasteiger partial charge < -0.3 is 16.0 Å². The molecule has 0 saturated carbocycles. The lowest BCUT2D eigenvalue weighted by Crippen LogP contribution is -2.51. The minimum absolute atomic E-state index is 0. The topological polar surface area (TPSA) is 65.5 Å². The van der Waals surface area contributed by atoms with Crippen molar-refractivity contribution in [2.45, 2.75) is 38.6 Å². The fourth-order valence-corrected chi connectivity index (χ4v) is 3.06. The smallest absolute Gasteiger partial charge is 0.220 e. The number of rotatable bonds is 6. The third-order valence-corrected chi connectivity index (χ3v) is 4.43. The lowest BCUT2D eigenvalue weighted by molar-refractivity contribution is -0.122. The number of hydrogen-bond donors (Lipinski definition) is 3. The molecule has 0 aliphatic carbocycles. The van der Waals surface area contributed by atoms with E-state index >= 15 is 0 Å². The maximum atomic E-state index is 11.2. The van der Waals surface area contributed by atoms with Crippen LogP contribution >= 0.6 is 47.2 Å². The number of piperidine rings is 1. The van der Waals surface area contributed by atoms with Gasteiger partial charge in [0, 0.05) is 42.1 Å². The molecule has 0 bridgehead atoms. The number of carbonyl (C=O) groups excluding carboxylic acids is 1. The summed E-state index contributed by atoms with van der Waals surface area (Å²) in [5.41, 5.74) is 1.09. The largest absolute Gasteiger partial charge is 0.357 e. The van der Waals surface area contributed by atoms with E-state index < -0.39 is 0 Å². The SMILES string of the molecule is CCNC(=NCCCc1ccc(Cl)cc1Cl)NC1CCC(=O)NC1.I. The Morgan fingerprint density at radius 3 is 2.84 bits per heavy atom. The van der Waals surface area contributed by atoms with Gasteiger partial charge in [0.1, 0.15) is 0 Å². The monoisotopic (exact) mass is 498 g/mol. The Bertz CT molecular complexity index is 588. The number of guanidine groups is 1. The third kappa shape index (κ3) is 8.00. The van der Waals surface area contributed by atoms with Gasteiger partial charge in [0.05, 0.1) is 0 Å². The van der Waals surface area contributed by atoms with Crippen LogP contribution in [-0.2, 0) is 11.2 Å². The van der Waals surface area contributed by atoms with E-state index in [2.05, 4.69) is 20.9 Å². The summed E-state index contributed by atoms with van der Waals surface area (Å²) in [5, 5.41) is 10.8. The van der Waals surface area contributed by atoms with Crippen LogP contribution in [0.1, 0.15) is 31.7 Å². The van der Waals surface area contributed by atoms with E-state index in [1.165, 1.54) is 0 Å². The molecule has 3 N–H and O–H groups in total. The Balaban J connectivity index is 0.00000312. The Kier molecular flexibility index (Phi) is 10.5. The Hall–Kier alpha value is -0.730. The average molecular weight is 499 g/mol. The van der Waals surface area contributed by atoms with Gasteiger partial charge in [-0.15, -0.1) is 24.0 Å². The number of aliphatic imine (C=N–C) groups is 1. The van der Waals surface area contributed by atoms with Gasteiger partial charge in [0.25, 0.3) is 0 Å². The van der Waals surface area contributed by atoms with Crippen LogP contribution in [0.25, 0.3) is 0 Å². The van der Waals surface area contributed by atoms with E-state index in [1.54, 1.807) is 6.07 Å². The number of benzene rings is 1. The zero-order valence-electron chi connectivity index (χ0n) is 14.3. The molecule has 0 radical (unpaired) electrons. The summed E-state index contributed by atoms with van der Waals surface area (Å²) in [6, 6.07) is 5.81. The van der Waals surface area contributed by atoms with Crippen molar-refractivity contribution in [1.29, 1.82) is 0 Å². The van der Waals surface area contributed by atoms with Crippen LogP contribution in [0.5, 0.6) is 0 Å². The number of halogens is 3. The molecule has 2 rings (SSSR count). The first-order valence-corrected chi connectivity index (χ1v) is 9.09. The first-order valence-electron chi connectivity index (χ1n) is 8.34. The molecule has 1 heterocycles. The van der Waals surface area contributed by atoms with Crippen LogP contribution in [0.3, 0.4) is 0 Å². The number of nitrogens with one attached hydrogen (secondary N) is 3. The fraction of sp³-hybridized carbons (Fsp3) is 0.529. The molecule has 1 saturated heterocycles. The zero-order valence-corrected chi connectivity index (χ0v) is 18.1. The maximum absolute atomic E-state index is 11.2. The molecule has 8 heteroatoms. The molecule has 1 amide bonds. The van der Waals surface area contributed by atoms with E-state index in [1.807, 2.05) is 19.1 Å². The summed E-state index contributed by atoms with van der Waals surface area (Å²) in [5.74, 6) is 0.913. The first-order chi connectivity index (χ1) is 11.6. The highest BCUT2D eigenvalue weighted by Gasteiger charge is 2.18. The highest BCUT2D eigenvalue weighted by Crippen LogP contribution is 2.21. The number of carbonyl (C=O) groups is 1. The van der Waals surface area contributed by atoms with E-state index in [9.17, 15) is 4.79 Å². The summed E-state index contributed by atoms with van der Waals surface area (Å²) >= 11 is 12.1. The summed E-state index contributed by atoms with van der Waals surface area (Å²) in [6.07, 6.45) is 3.15. The molecule has 1 atom stereocenters. The van der Waals surface area contributed by atoms with Gasteiger partial charge in [-0.2, -0.15) is 0 Å². The van der Waals surface area contributed by atoms with Crippen LogP contribution in [-0.4, -0.2) is 37.5 Å². The van der Waals surface area contributed by atoms with Gasteiger partial charge >= 0.3 is 0 Å². The normalized spacial score (nSPS) is 17.5. The fourth-order valence-electron chi connectivity index (χ4n) is 2.55. The van der Waals surface area contributed by atoms with Crippen LogP contribution in [0.2, 0.25) is 10.0 Å². The van der Waals surface area contributed by atoms with E-state index in [-0.39, 0.29) is 35.9 Å². The van der Waals surface area contributed by atoms with Gasteiger partial charge in [0.2, 0.25) is 5.91 Å². The summed E-state index contributed by atoms with van der Waals surface area (Å²) in [6.45, 7) is 4.18. The number of amides is 1. The predicted octanol–water partition coefficient (Wildman–Crippen LogP) is 3.38. The minimum Gasteiger partial charge on any atom is -0.357 e. The second kappa shape index (κ2) is 11.8. The molecule has 0 aromatic heterocycles. The van der Waals surface area contributed by atoms with Gasteiger partial charge in [0.15, 0.2) is 5.96 Å². The van der Waals surface area contributed by atoms with E-state index in [4.69, 9.17) is 23.2 Å². The van der Waals surface area contributed by atoms with Crippen molar-refractivity contribution in [1.82, 2.24) is 16.0 Å². The van der Waals surface area contributed by atoms with Gasteiger partial charge in [-0.3, -0.25) is 9.79 Å². The molecule has 1 aromatic carbocycles. The molecular weight excluding hydrogens is 474 g/mol. The average Bonchev–Trinajstić information content (AvgIpc) is 2.55. The highest BCUT2D eigenvalue weighted by atomic mass is 127. The van der Waals surface area contributed by atoms with Crippen LogP contribution in [0.15, 0.2) is 23.2 Å². The Morgan fingerprint density at radius 2 is 2.20 bits per heavy atom. The number of aryl methyl sites for hydroxylation is 1. The zero-order chi connectivity index (χ0) is 17.4. The first kappa shape index (κ1) is 22.3. The van der Waals surface area contributed by atoms with Crippen molar-refractivity contribution in [2.24, 2.45) is 4.99 Å². The molecular formula is C17H25Cl2IN4O. The van der Waals surface area contributed by atoms with Crippen molar-refractivity contribution in [3.8, 4) is 0 Å². The Labute approximate surface area is 176 Å². The molecule has 140 valence electrons.